The van der Waals surface area contributed by atoms with Crippen LogP contribution in [-0.4, -0.2) is 45.5 Å². The van der Waals surface area contributed by atoms with Gasteiger partial charge in [0, 0.05) is 26.2 Å². The van der Waals surface area contributed by atoms with Crippen LogP contribution >= 0.6 is 11.3 Å². The Kier molecular flexibility index (Phi) is 5.30. The zero-order valence-corrected chi connectivity index (χ0v) is 16.5. The standard InChI is InChI=1S/C19H19F3N4O2S/c1-28-10-17-24-14-8-12(19(20,21)22)2-3-15(14)26(17)13-4-6-25(7-5-13)18(27)16-9-23-11-29-16/h2-3,8-9,11,13H,4-7,10H2,1H3. The van der Waals surface area contributed by atoms with E-state index in [2.05, 4.69) is 9.97 Å². The van der Waals surface area contributed by atoms with Gasteiger partial charge in [-0.05, 0) is 31.0 Å². The largest absolute Gasteiger partial charge is 0.416 e. The number of methoxy groups -OCH3 is 1. The van der Waals surface area contributed by atoms with E-state index < -0.39 is 11.7 Å². The summed E-state index contributed by atoms with van der Waals surface area (Å²) in [7, 11) is 1.53. The Labute approximate surface area is 168 Å². The van der Waals surface area contributed by atoms with E-state index in [0.717, 1.165) is 12.1 Å². The third-order valence-electron chi connectivity index (χ3n) is 5.12. The Balaban J connectivity index is 1.60. The summed E-state index contributed by atoms with van der Waals surface area (Å²) in [5, 5.41) is 0. The minimum absolute atomic E-state index is 0.0339. The molecule has 0 bridgehead atoms. The average Bonchev–Trinajstić information content (AvgIpc) is 3.34. The number of carbonyl (C=O) groups is 1. The molecule has 1 aliphatic heterocycles. The maximum absolute atomic E-state index is 13.1. The van der Waals surface area contributed by atoms with Gasteiger partial charge in [-0.25, -0.2) is 4.98 Å². The van der Waals surface area contributed by atoms with Crippen LogP contribution in [-0.2, 0) is 17.5 Å². The maximum atomic E-state index is 13.1. The first-order chi connectivity index (χ1) is 13.9. The van der Waals surface area contributed by atoms with Crippen LogP contribution in [0.15, 0.2) is 29.9 Å². The molecule has 3 aromatic rings. The van der Waals surface area contributed by atoms with Gasteiger partial charge in [-0.3, -0.25) is 9.78 Å². The molecule has 6 nitrogen and oxygen atoms in total. The first kappa shape index (κ1) is 19.8. The predicted molar refractivity (Wildman–Crippen MR) is 102 cm³/mol. The summed E-state index contributed by atoms with van der Waals surface area (Å²) < 4.78 is 46.4. The zero-order valence-electron chi connectivity index (χ0n) is 15.6. The van der Waals surface area contributed by atoms with E-state index in [1.165, 1.54) is 24.5 Å². The monoisotopic (exact) mass is 424 g/mol. The molecule has 0 atom stereocenters. The summed E-state index contributed by atoms with van der Waals surface area (Å²) in [4.78, 5) is 23.3. The number of fused-ring (bicyclic) bond motifs is 1. The van der Waals surface area contributed by atoms with E-state index in [0.29, 0.717) is 47.7 Å². The summed E-state index contributed by atoms with van der Waals surface area (Å²) in [5.74, 6) is 0.558. The number of thiazole rings is 1. The normalized spacial score (nSPS) is 15.9. The van der Waals surface area contributed by atoms with Crippen molar-refractivity contribution in [1.82, 2.24) is 19.4 Å². The molecule has 0 radical (unpaired) electrons. The number of amides is 1. The van der Waals surface area contributed by atoms with Crippen LogP contribution in [0.25, 0.3) is 11.0 Å². The van der Waals surface area contributed by atoms with Crippen LogP contribution in [0.2, 0.25) is 0 Å². The maximum Gasteiger partial charge on any atom is 0.416 e. The molecule has 0 spiro atoms. The molecule has 2 aromatic heterocycles. The second-order valence-electron chi connectivity index (χ2n) is 6.92. The quantitative estimate of drug-likeness (QED) is 0.632. The van der Waals surface area contributed by atoms with Crippen molar-refractivity contribution in [3.63, 3.8) is 0 Å². The number of rotatable bonds is 4. The first-order valence-corrected chi connectivity index (χ1v) is 10.0. The van der Waals surface area contributed by atoms with Gasteiger partial charge < -0.3 is 14.2 Å². The highest BCUT2D eigenvalue weighted by Crippen LogP contribution is 2.34. The van der Waals surface area contributed by atoms with E-state index in [-0.39, 0.29) is 18.6 Å². The fourth-order valence-electron chi connectivity index (χ4n) is 3.77. The smallest absolute Gasteiger partial charge is 0.377 e. The van der Waals surface area contributed by atoms with Gasteiger partial charge in [0.1, 0.15) is 17.3 Å². The highest BCUT2D eigenvalue weighted by molar-refractivity contribution is 7.11. The molecular weight excluding hydrogens is 405 g/mol. The number of hydrogen-bond acceptors (Lipinski definition) is 5. The molecule has 1 fully saturated rings. The zero-order chi connectivity index (χ0) is 20.6. The number of carbonyl (C=O) groups excluding carboxylic acids is 1. The van der Waals surface area contributed by atoms with Crippen molar-refractivity contribution in [2.75, 3.05) is 20.2 Å². The van der Waals surface area contributed by atoms with Crippen LogP contribution in [0.1, 0.15) is 39.9 Å². The number of alkyl halides is 3. The van der Waals surface area contributed by atoms with E-state index in [9.17, 15) is 18.0 Å². The summed E-state index contributed by atoms with van der Waals surface area (Å²) in [6.07, 6.45) is -1.47. The summed E-state index contributed by atoms with van der Waals surface area (Å²) in [6.45, 7) is 1.33. The predicted octanol–water partition coefficient (Wildman–Crippen LogP) is 4.14. The van der Waals surface area contributed by atoms with Gasteiger partial charge in [0.2, 0.25) is 0 Å². The SMILES string of the molecule is COCc1nc2cc(C(F)(F)F)ccc2n1C1CCN(C(=O)c2cncs2)CC1. The second kappa shape index (κ2) is 7.75. The number of ether oxygens (including phenoxy) is 1. The number of halogens is 3. The van der Waals surface area contributed by atoms with Gasteiger partial charge >= 0.3 is 6.18 Å². The first-order valence-electron chi connectivity index (χ1n) is 9.13. The number of benzene rings is 1. The van der Waals surface area contributed by atoms with Gasteiger partial charge in [-0.15, -0.1) is 11.3 Å². The summed E-state index contributed by atoms with van der Waals surface area (Å²) >= 11 is 1.31. The molecule has 1 aliphatic rings. The van der Waals surface area contributed by atoms with Crippen molar-refractivity contribution >= 4 is 28.3 Å². The van der Waals surface area contributed by atoms with Gasteiger partial charge in [0.05, 0.1) is 28.3 Å². The van der Waals surface area contributed by atoms with Gasteiger partial charge in [-0.1, -0.05) is 0 Å². The molecule has 29 heavy (non-hydrogen) atoms. The lowest BCUT2D eigenvalue weighted by molar-refractivity contribution is -0.137. The number of likely N-dealkylation sites (tertiary alicyclic amines) is 1. The molecule has 0 unspecified atom stereocenters. The lowest BCUT2D eigenvalue weighted by atomic mass is 10.0. The van der Waals surface area contributed by atoms with Crippen molar-refractivity contribution in [3.8, 4) is 0 Å². The molecule has 0 saturated carbocycles. The third kappa shape index (κ3) is 3.86. The Morgan fingerprint density at radius 1 is 1.31 bits per heavy atom. The highest BCUT2D eigenvalue weighted by atomic mass is 32.1. The molecule has 0 aliphatic carbocycles. The molecule has 1 saturated heterocycles. The van der Waals surface area contributed by atoms with Crippen LogP contribution in [0.5, 0.6) is 0 Å². The molecule has 10 heteroatoms. The van der Waals surface area contributed by atoms with Crippen LogP contribution < -0.4 is 0 Å². The van der Waals surface area contributed by atoms with Crippen LogP contribution in [0, 0.1) is 0 Å². The topological polar surface area (TPSA) is 60.2 Å². The Morgan fingerprint density at radius 3 is 2.69 bits per heavy atom. The van der Waals surface area contributed by atoms with Crippen molar-refractivity contribution in [3.05, 3.63) is 46.2 Å². The lowest BCUT2D eigenvalue weighted by Gasteiger charge is -2.33. The molecular formula is C19H19F3N4O2S. The number of piperidine rings is 1. The van der Waals surface area contributed by atoms with Crippen LogP contribution in [0.3, 0.4) is 0 Å². The molecule has 0 N–H and O–H groups in total. The van der Waals surface area contributed by atoms with Crippen molar-refractivity contribution in [1.29, 1.82) is 0 Å². The van der Waals surface area contributed by atoms with Crippen molar-refractivity contribution in [2.45, 2.75) is 31.7 Å². The number of hydrogen-bond donors (Lipinski definition) is 0. The Morgan fingerprint density at radius 2 is 2.07 bits per heavy atom. The lowest BCUT2D eigenvalue weighted by Crippen LogP contribution is -2.39. The molecule has 1 aromatic carbocycles. The second-order valence-corrected chi connectivity index (χ2v) is 7.81. The number of nitrogens with zero attached hydrogens (tertiary/aromatic N) is 4. The molecule has 3 heterocycles. The van der Waals surface area contributed by atoms with E-state index in [4.69, 9.17) is 4.74 Å². The minimum Gasteiger partial charge on any atom is -0.377 e. The van der Waals surface area contributed by atoms with E-state index in [1.807, 2.05) is 4.57 Å². The summed E-state index contributed by atoms with van der Waals surface area (Å²) in [5.41, 5.74) is 1.86. The molecule has 1 amide bonds. The molecule has 154 valence electrons. The highest BCUT2D eigenvalue weighted by Gasteiger charge is 2.32. The van der Waals surface area contributed by atoms with E-state index >= 15 is 0 Å². The minimum atomic E-state index is -4.41. The summed E-state index contributed by atoms with van der Waals surface area (Å²) in [6, 6.07) is 3.67. The van der Waals surface area contributed by atoms with E-state index in [1.54, 1.807) is 16.6 Å². The average molecular weight is 424 g/mol. The Bertz CT molecular complexity index is 1010. The van der Waals surface area contributed by atoms with Gasteiger partial charge in [0.15, 0.2) is 0 Å². The Hall–Kier alpha value is -2.46. The van der Waals surface area contributed by atoms with Gasteiger partial charge in [-0.2, -0.15) is 13.2 Å². The van der Waals surface area contributed by atoms with Crippen LogP contribution in [0.4, 0.5) is 13.2 Å². The number of aromatic nitrogens is 3. The third-order valence-corrected chi connectivity index (χ3v) is 5.88. The fourth-order valence-corrected chi connectivity index (χ4v) is 4.35. The fraction of sp³-hybridized carbons (Fsp3) is 0.421. The number of imidazole rings is 1. The van der Waals surface area contributed by atoms with Gasteiger partial charge in [0.25, 0.3) is 5.91 Å². The van der Waals surface area contributed by atoms with Crippen molar-refractivity contribution < 1.29 is 22.7 Å². The van der Waals surface area contributed by atoms with Crippen molar-refractivity contribution in [2.24, 2.45) is 0 Å². The molecule has 4 rings (SSSR count).